The molecule has 4 rings (SSSR count). The first-order chi connectivity index (χ1) is 15.1. The third kappa shape index (κ3) is 4.99. The van der Waals surface area contributed by atoms with Crippen molar-refractivity contribution in [2.75, 3.05) is 33.2 Å². The number of carbonyl (C=O) groups excluding carboxylic acids is 2. The Hall–Kier alpha value is -2.66. The van der Waals surface area contributed by atoms with Crippen LogP contribution in [0.5, 0.6) is 0 Å². The summed E-state index contributed by atoms with van der Waals surface area (Å²) >= 11 is 0. The molecule has 2 fully saturated rings. The van der Waals surface area contributed by atoms with Crippen LogP contribution in [0.3, 0.4) is 0 Å². The number of rotatable bonds is 6. The maximum Gasteiger partial charge on any atom is 0.239 e. The summed E-state index contributed by atoms with van der Waals surface area (Å²) < 4.78 is 0. The molecule has 164 valence electrons. The summed E-state index contributed by atoms with van der Waals surface area (Å²) in [6.07, 6.45) is 5.14. The van der Waals surface area contributed by atoms with Crippen molar-refractivity contribution < 1.29 is 9.59 Å². The third-order valence-electron chi connectivity index (χ3n) is 6.67. The highest BCUT2D eigenvalue weighted by molar-refractivity contribution is 5.84. The zero-order valence-corrected chi connectivity index (χ0v) is 18.5. The fourth-order valence-corrected chi connectivity index (χ4v) is 4.95. The second-order valence-corrected chi connectivity index (χ2v) is 8.74. The van der Waals surface area contributed by atoms with E-state index in [2.05, 4.69) is 29.2 Å². The number of likely N-dealkylation sites (N-methyl/N-ethyl adjacent to an activating group) is 1. The van der Waals surface area contributed by atoms with E-state index in [0.29, 0.717) is 0 Å². The Morgan fingerprint density at radius 3 is 2.00 bits per heavy atom. The molecular weight excluding hydrogens is 386 g/mol. The first kappa shape index (κ1) is 21.6. The molecular formula is C26H33N3O2. The normalized spacial score (nSPS) is 19.5. The van der Waals surface area contributed by atoms with Crippen LogP contribution in [0.1, 0.15) is 49.3 Å². The molecule has 0 aromatic heterocycles. The van der Waals surface area contributed by atoms with Crippen molar-refractivity contribution >= 4 is 11.8 Å². The average molecular weight is 420 g/mol. The smallest absolute Gasteiger partial charge is 0.239 e. The number of likely N-dealkylation sites (tertiary alicyclic amines) is 2. The summed E-state index contributed by atoms with van der Waals surface area (Å²) in [6.45, 7) is 2.82. The van der Waals surface area contributed by atoms with Crippen molar-refractivity contribution in [2.24, 2.45) is 0 Å². The van der Waals surface area contributed by atoms with Crippen molar-refractivity contribution in [1.29, 1.82) is 0 Å². The largest absolute Gasteiger partial charge is 0.341 e. The Morgan fingerprint density at radius 1 is 0.871 bits per heavy atom. The molecule has 2 aromatic rings. The van der Waals surface area contributed by atoms with Gasteiger partial charge >= 0.3 is 0 Å². The predicted molar refractivity (Wildman–Crippen MR) is 123 cm³/mol. The number of hydrogen-bond acceptors (Lipinski definition) is 3. The summed E-state index contributed by atoms with van der Waals surface area (Å²) in [6, 6.07) is 20.0. The monoisotopic (exact) mass is 419 g/mol. The molecule has 1 atom stereocenters. The van der Waals surface area contributed by atoms with Gasteiger partial charge in [0.25, 0.3) is 0 Å². The Bertz CT molecular complexity index is 825. The lowest BCUT2D eigenvalue weighted by Gasteiger charge is -2.38. The lowest BCUT2D eigenvalue weighted by atomic mass is 9.97. The van der Waals surface area contributed by atoms with Gasteiger partial charge in [0.1, 0.15) is 0 Å². The number of piperidine rings is 1. The van der Waals surface area contributed by atoms with E-state index in [4.69, 9.17) is 0 Å². The van der Waals surface area contributed by atoms with Gasteiger partial charge in [-0.1, -0.05) is 67.1 Å². The predicted octanol–water partition coefficient (Wildman–Crippen LogP) is 3.71. The third-order valence-corrected chi connectivity index (χ3v) is 6.67. The standard InChI is InChI=1S/C26H33N3O2/c1-27(25(21-12-4-2-5-13-21)22-14-6-3-7-15-22)24(30)20-29-19-9-8-16-23(29)26(31)28-17-10-11-18-28/h2-7,12-15,23,25H,8-11,16-20H2,1H3. The van der Waals surface area contributed by atoms with Gasteiger partial charge in [0.05, 0.1) is 18.6 Å². The van der Waals surface area contributed by atoms with Gasteiger partial charge in [0.2, 0.25) is 11.8 Å². The highest BCUT2D eigenvalue weighted by Crippen LogP contribution is 2.28. The summed E-state index contributed by atoms with van der Waals surface area (Å²) in [4.78, 5) is 32.5. The molecule has 31 heavy (non-hydrogen) atoms. The second-order valence-electron chi connectivity index (χ2n) is 8.74. The van der Waals surface area contributed by atoms with E-state index in [-0.39, 0.29) is 30.4 Å². The first-order valence-corrected chi connectivity index (χ1v) is 11.5. The summed E-state index contributed by atoms with van der Waals surface area (Å²) in [5.74, 6) is 0.272. The number of benzene rings is 2. The van der Waals surface area contributed by atoms with Crippen molar-refractivity contribution in [3.63, 3.8) is 0 Å². The summed E-state index contributed by atoms with van der Waals surface area (Å²) in [7, 11) is 1.88. The maximum absolute atomic E-state index is 13.4. The highest BCUT2D eigenvalue weighted by Gasteiger charge is 2.35. The van der Waals surface area contributed by atoms with Gasteiger partial charge in [-0.15, -0.1) is 0 Å². The fraction of sp³-hybridized carbons (Fsp3) is 0.462. The highest BCUT2D eigenvalue weighted by atomic mass is 16.2. The molecule has 0 radical (unpaired) electrons. The minimum atomic E-state index is -0.156. The van der Waals surface area contributed by atoms with Crippen molar-refractivity contribution in [1.82, 2.24) is 14.7 Å². The van der Waals surface area contributed by atoms with Crippen LogP contribution < -0.4 is 0 Å². The van der Waals surface area contributed by atoms with E-state index in [9.17, 15) is 9.59 Å². The lowest BCUT2D eigenvalue weighted by Crippen LogP contribution is -2.53. The average Bonchev–Trinajstić information content (AvgIpc) is 3.35. The number of amides is 2. The molecule has 0 bridgehead atoms. The van der Waals surface area contributed by atoms with Gasteiger partial charge in [-0.25, -0.2) is 0 Å². The van der Waals surface area contributed by atoms with E-state index in [1.54, 1.807) is 0 Å². The molecule has 0 aliphatic carbocycles. The van der Waals surface area contributed by atoms with E-state index in [1.165, 1.54) is 0 Å². The maximum atomic E-state index is 13.4. The van der Waals surface area contributed by atoms with Gasteiger partial charge < -0.3 is 9.80 Å². The Kier molecular flexibility index (Phi) is 7.03. The van der Waals surface area contributed by atoms with Crippen molar-refractivity contribution in [3.8, 4) is 0 Å². The molecule has 5 nitrogen and oxygen atoms in total. The summed E-state index contributed by atoms with van der Waals surface area (Å²) in [5.41, 5.74) is 2.18. The molecule has 0 N–H and O–H groups in total. The number of nitrogens with zero attached hydrogens (tertiary/aromatic N) is 3. The van der Waals surface area contributed by atoms with Crippen LogP contribution in [0, 0.1) is 0 Å². The minimum Gasteiger partial charge on any atom is -0.341 e. The molecule has 2 aliphatic heterocycles. The molecule has 2 aliphatic rings. The SMILES string of the molecule is CN(C(=O)CN1CCCCC1C(=O)N1CCCC1)C(c1ccccc1)c1ccccc1. The minimum absolute atomic E-state index is 0.0545. The van der Waals surface area contributed by atoms with Crippen LogP contribution in [0.4, 0.5) is 0 Å². The molecule has 2 heterocycles. The topological polar surface area (TPSA) is 43.9 Å². The van der Waals surface area contributed by atoms with Crippen LogP contribution in [0.25, 0.3) is 0 Å². The lowest BCUT2D eigenvalue weighted by molar-refractivity contribution is -0.140. The molecule has 2 saturated heterocycles. The Morgan fingerprint density at radius 2 is 1.42 bits per heavy atom. The Balaban J connectivity index is 1.51. The second kappa shape index (κ2) is 10.1. The molecule has 1 unspecified atom stereocenters. The molecule has 2 amide bonds. The van der Waals surface area contributed by atoms with Gasteiger partial charge in [-0.05, 0) is 43.4 Å². The van der Waals surface area contributed by atoms with Gasteiger partial charge in [0, 0.05) is 20.1 Å². The van der Waals surface area contributed by atoms with Crippen LogP contribution in [0.15, 0.2) is 60.7 Å². The van der Waals surface area contributed by atoms with Crippen LogP contribution in [0.2, 0.25) is 0 Å². The number of hydrogen-bond donors (Lipinski definition) is 0. The van der Waals surface area contributed by atoms with Crippen molar-refractivity contribution in [2.45, 2.75) is 44.2 Å². The molecule has 5 heteroatoms. The van der Waals surface area contributed by atoms with Crippen LogP contribution >= 0.6 is 0 Å². The van der Waals surface area contributed by atoms with E-state index in [0.717, 1.165) is 62.9 Å². The Labute approximate surface area is 185 Å². The van der Waals surface area contributed by atoms with E-state index in [1.807, 2.05) is 53.2 Å². The summed E-state index contributed by atoms with van der Waals surface area (Å²) in [5, 5.41) is 0. The van der Waals surface area contributed by atoms with Gasteiger partial charge in [-0.2, -0.15) is 0 Å². The van der Waals surface area contributed by atoms with E-state index >= 15 is 0 Å². The zero-order valence-electron chi connectivity index (χ0n) is 18.5. The van der Waals surface area contributed by atoms with Crippen LogP contribution in [-0.2, 0) is 9.59 Å². The molecule has 0 saturated carbocycles. The first-order valence-electron chi connectivity index (χ1n) is 11.5. The molecule has 0 spiro atoms. The van der Waals surface area contributed by atoms with Crippen LogP contribution in [-0.4, -0.2) is 65.8 Å². The van der Waals surface area contributed by atoms with Gasteiger partial charge in [-0.3, -0.25) is 14.5 Å². The number of carbonyl (C=O) groups is 2. The fourth-order valence-electron chi connectivity index (χ4n) is 4.95. The van der Waals surface area contributed by atoms with Crippen molar-refractivity contribution in [3.05, 3.63) is 71.8 Å². The quantitative estimate of drug-likeness (QED) is 0.717. The van der Waals surface area contributed by atoms with E-state index < -0.39 is 0 Å². The van der Waals surface area contributed by atoms with Gasteiger partial charge in [0.15, 0.2) is 0 Å². The zero-order chi connectivity index (χ0) is 21.6. The molecule has 2 aromatic carbocycles.